The summed E-state index contributed by atoms with van der Waals surface area (Å²) in [4.78, 5) is 4.96. The summed E-state index contributed by atoms with van der Waals surface area (Å²) in [6.07, 6.45) is 6.20. The Bertz CT molecular complexity index is 636. The summed E-state index contributed by atoms with van der Waals surface area (Å²) in [5, 5.41) is 3.54. The predicted octanol–water partition coefficient (Wildman–Crippen LogP) is 4.00. The van der Waals surface area contributed by atoms with Crippen LogP contribution in [0.4, 0.5) is 0 Å². The molecule has 0 amide bonds. The Labute approximate surface area is 134 Å². The van der Waals surface area contributed by atoms with Crippen LogP contribution in [0.3, 0.4) is 0 Å². The topological polar surface area (TPSA) is 29.9 Å². The maximum Gasteiger partial charge on any atom is 0.109 e. The standard InChI is InChI=1S/C19H29N3/c1-4-5-8-19-21-17-10-14(2)15(3)11-18(17)22(19)13-16-7-6-9-20-12-16/h10-11,16,20H,4-9,12-13H2,1-3H3. The fourth-order valence-electron chi connectivity index (χ4n) is 3.50. The molecule has 0 radical (unpaired) electrons. The van der Waals surface area contributed by atoms with Gasteiger partial charge in [0.15, 0.2) is 0 Å². The van der Waals surface area contributed by atoms with E-state index in [0.29, 0.717) is 0 Å². The Balaban J connectivity index is 1.97. The van der Waals surface area contributed by atoms with E-state index in [1.54, 1.807) is 0 Å². The molecule has 3 nitrogen and oxygen atoms in total. The van der Waals surface area contributed by atoms with Gasteiger partial charge in [0.25, 0.3) is 0 Å². The number of rotatable bonds is 5. The number of benzene rings is 1. The predicted molar refractivity (Wildman–Crippen MR) is 93.4 cm³/mol. The molecule has 2 aromatic rings. The Morgan fingerprint density at radius 3 is 2.82 bits per heavy atom. The summed E-state index contributed by atoms with van der Waals surface area (Å²) < 4.78 is 2.51. The van der Waals surface area contributed by atoms with E-state index in [1.807, 2.05) is 0 Å². The minimum absolute atomic E-state index is 0.744. The van der Waals surface area contributed by atoms with Crippen LogP contribution in [0.5, 0.6) is 0 Å². The Hall–Kier alpha value is -1.35. The number of unbranched alkanes of at least 4 members (excludes halogenated alkanes) is 1. The zero-order chi connectivity index (χ0) is 15.5. The Morgan fingerprint density at radius 2 is 2.09 bits per heavy atom. The summed E-state index contributed by atoms with van der Waals surface area (Å²) in [6.45, 7) is 10.1. The highest BCUT2D eigenvalue weighted by Crippen LogP contribution is 2.24. The normalized spacial score (nSPS) is 19.0. The van der Waals surface area contributed by atoms with Crippen molar-refractivity contribution in [3.63, 3.8) is 0 Å². The van der Waals surface area contributed by atoms with Crippen molar-refractivity contribution in [2.45, 2.75) is 59.4 Å². The molecule has 1 atom stereocenters. The van der Waals surface area contributed by atoms with Crippen LogP contribution in [-0.4, -0.2) is 22.6 Å². The monoisotopic (exact) mass is 299 g/mol. The van der Waals surface area contributed by atoms with Gasteiger partial charge in [0.1, 0.15) is 5.82 Å². The number of piperidine rings is 1. The molecule has 1 aromatic carbocycles. The average molecular weight is 299 g/mol. The zero-order valence-electron chi connectivity index (χ0n) is 14.3. The number of nitrogens with zero attached hydrogens (tertiary/aromatic N) is 2. The van der Waals surface area contributed by atoms with Gasteiger partial charge in [0.05, 0.1) is 11.0 Å². The van der Waals surface area contributed by atoms with Crippen molar-refractivity contribution in [1.29, 1.82) is 0 Å². The summed E-state index contributed by atoms with van der Waals surface area (Å²) in [6, 6.07) is 4.60. The van der Waals surface area contributed by atoms with Crippen LogP contribution < -0.4 is 5.32 Å². The van der Waals surface area contributed by atoms with E-state index in [1.165, 1.54) is 60.2 Å². The first-order valence-corrected chi connectivity index (χ1v) is 8.86. The highest BCUT2D eigenvalue weighted by Gasteiger charge is 2.18. The first-order chi connectivity index (χ1) is 10.7. The zero-order valence-corrected chi connectivity index (χ0v) is 14.3. The second-order valence-corrected chi connectivity index (χ2v) is 6.88. The number of hydrogen-bond donors (Lipinski definition) is 1. The van der Waals surface area contributed by atoms with Gasteiger partial charge in [-0.05, 0) is 75.4 Å². The van der Waals surface area contributed by atoms with E-state index in [2.05, 4.69) is 42.8 Å². The second kappa shape index (κ2) is 6.82. The van der Waals surface area contributed by atoms with Crippen molar-refractivity contribution in [1.82, 2.24) is 14.9 Å². The number of fused-ring (bicyclic) bond motifs is 1. The van der Waals surface area contributed by atoms with Gasteiger partial charge in [-0.1, -0.05) is 13.3 Å². The summed E-state index contributed by atoms with van der Waals surface area (Å²) in [5.74, 6) is 2.03. The average Bonchev–Trinajstić information content (AvgIpc) is 2.84. The smallest absolute Gasteiger partial charge is 0.109 e. The SMILES string of the molecule is CCCCc1nc2cc(C)c(C)cc2n1CC1CCCNC1. The molecule has 1 unspecified atom stereocenters. The highest BCUT2D eigenvalue weighted by atomic mass is 15.1. The van der Waals surface area contributed by atoms with Gasteiger partial charge >= 0.3 is 0 Å². The number of aryl methyl sites for hydroxylation is 3. The fraction of sp³-hybridized carbons (Fsp3) is 0.632. The van der Waals surface area contributed by atoms with Gasteiger partial charge in [0.2, 0.25) is 0 Å². The number of imidazole rings is 1. The van der Waals surface area contributed by atoms with E-state index in [9.17, 15) is 0 Å². The molecule has 2 heterocycles. The van der Waals surface area contributed by atoms with Crippen molar-refractivity contribution in [3.8, 4) is 0 Å². The molecule has 1 aromatic heterocycles. The minimum atomic E-state index is 0.744. The number of hydrogen-bond acceptors (Lipinski definition) is 2. The quantitative estimate of drug-likeness (QED) is 0.904. The van der Waals surface area contributed by atoms with E-state index >= 15 is 0 Å². The first-order valence-electron chi connectivity index (χ1n) is 8.86. The van der Waals surface area contributed by atoms with Gasteiger partial charge in [0, 0.05) is 13.0 Å². The molecule has 1 fully saturated rings. The maximum atomic E-state index is 4.96. The van der Waals surface area contributed by atoms with Gasteiger partial charge < -0.3 is 9.88 Å². The summed E-state index contributed by atoms with van der Waals surface area (Å²) >= 11 is 0. The van der Waals surface area contributed by atoms with Crippen molar-refractivity contribution < 1.29 is 0 Å². The van der Waals surface area contributed by atoms with Crippen molar-refractivity contribution in [2.75, 3.05) is 13.1 Å². The second-order valence-electron chi connectivity index (χ2n) is 6.88. The highest BCUT2D eigenvalue weighted by molar-refractivity contribution is 5.78. The molecular formula is C19H29N3. The molecule has 22 heavy (non-hydrogen) atoms. The van der Waals surface area contributed by atoms with Crippen LogP contribution in [0.2, 0.25) is 0 Å². The first kappa shape index (κ1) is 15.5. The van der Waals surface area contributed by atoms with Crippen LogP contribution >= 0.6 is 0 Å². The van der Waals surface area contributed by atoms with E-state index in [4.69, 9.17) is 4.98 Å². The lowest BCUT2D eigenvalue weighted by Crippen LogP contribution is -2.32. The molecule has 0 saturated carbocycles. The lowest BCUT2D eigenvalue weighted by Gasteiger charge is -2.24. The van der Waals surface area contributed by atoms with Crippen LogP contribution in [0.1, 0.15) is 49.6 Å². The number of nitrogens with one attached hydrogen (secondary N) is 1. The molecule has 3 heteroatoms. The molecule has 1 N–H and O–H groups in total. The third-order valence-electron chi connectivity index (χ3n) is 5.04. The lowest BCUT2D eigenvalue weighted by atomic mass is 9.99. The molecule has 0 bridgehead atoms. The Morgan fingerprint density at radius 1 is 1.27 bits per heavy atom. The van der Waals surface area contributed by atoms with Crippen molar-refractivity contribution >= 4 is 11.0 Å². The third kappa shape index (κ3) is 3.19. The minimum Gasteiger partial charge on any atom is -0.328 e. The lowest BCUT2D eigenvalue weighted by molar-refractivity contribution is 0.336. The largest absolute Gasteiger partial charge is 0.328 e. The van der Waals surface area contributed by atoms with Gasteiger partial charge in [-0.15, -0.1) is 0 Å². The van der Waals surface area contributed by atoms with Gasteiger partial charge in [-0.25, -0.2) is 4.98 Å². The maximum absolute atomic E-state index is 4.96. The molecule has 1 saturated heterocycles. The molecule has 120 valence electrons. The third-order valence-corrected chi connectivity index (χ3v) is 5.04. The molecule has 0 spiro atoms. The molecular weight excluding hydrogens is 270 g/mol. The molecule has 0 aliphatic carbocycles. The van der Waals surface area contributed by atoms with E-state index < -0.39 is 0 Å². The van der Waals surface area contributed by atoms with Gasteiger partial charge in [-0.2, -0.15) is 0 Å². The Kier molecular flexibility index (Phi) is 4.82. The van der Waals surface area contributed by atoms with Crippen molar-refractivity contribution in [2.24, 2.45) is 5.92 Å². The van der Waals surface area contributed by atoms with Crippen LogP contribution in [0.25, 0.3) is 11.0 Å². The summed E-state index contributed by atoms with van der Waals surface area (Å²) in [7, 11) is 0. The van der Waals surface area contributed by atoms with E-state index in [0.717, 1.165) is 25.4 Å². The van der Waals surface area contributed by atoms with E-state index in [-0.39, 0.29) is 0 Å². The van der Waals surface area contributed by atoms with Crippen LogP contribution in [-0.2, 0) is 13.0 Å². The summed E-state index contributed by atoms with van der Waals surface area (Å²) in [5.41, 5.74) is 5.23. The fourth-order valence-corrected chi connectivity index (χ4v) is 3.50. The van der Waals surface area contributed by atoms with Crippen molar-refractivity contribution in [3.05, 3.63) is 29.1 Å². The number of aromatic nitrogens is 2. The van der Waals surface area contributed by atoms with Crippen LogP contribution in [0.15, 0.2) is 12.1 Å². The molecule has 1 aliphatic heterocycles. The molecule has 1 aliphatic rings. The van der Waals surface area contributed by atoms with Gasteiger partial charge in [-0.3, -0.25) is 0 Å². The molecule has 3 rings (SSSR count). The van der Waals surface area contributed by atoms with Crippen LogP contribution in [0, 0.1) is 19.8 Å².